The van der Waals surface area contributed by atoms with Crippen molar-refractivity contribution in [3.63, 3.8) is 0 Å². The van der Waals surface area contributed by atoms with E-state index in [0.29, 0.717) is 6.54 Å². The Morgan fingerprint density at radius 3 is 3.24 bits per heavy atom. The fourth-order valence-corrected chi connectivity index (χ4v) is 2.85. The smallest absolute Gasteiger partial charge is 0.226 e. The molecule has 0 bridgehead atoms. The second-order valence-electron chi connectivity index (χ2n) is 5.33. The summed E-state index contributed by atoms with van der Waals surface area (Å²) in [6, 6.07) is 5.72. The molecule has 0 saturated carbocycles. The number of nitrogens with one attached hydrogen (secondary N) is 1. The van der Waals surface area contributed by atoms with Crippen molar-refractivity contribution < 1.29 is 9.53 Å². The molecule has 0 aliphatic carbocycles. The minimum Gasteiger partial charge on any atom is -0.377 e. The van der Waals surface area contributed by atoms with Crippen molar-refractivity contribution in [3.05, 3.63) is 30.2 Å². The molecule has 1 aliphatic heterocycles. The largest absolute Gasteiger partial charge is 0.377 e. The number of carbonyl (C=O) groups is 1. The average molecular weight is 288 g/mol. The summed E-state index contributed by atoms with van der Waals surface area (Å²) in [6.07, 6.45) is 4.64. The molecule has 112 valence electrons. The Hall–Kier alpha value is -1.95. The predicted octanol–water partition coefficient (Wildman–Crippen LogP) is 1.55. The van der Waals surface area contributed by atoms with Crippen molar-refractivity contribution in [2.75, 3.05) is 6.61 Å². The molecule has 1 saturated heterocycles. The van der Waals surface area contributed by atoms with E-state index in [4.69, 9.17) is 4.74 Å². The number of fused-ring (bicyclic) bond motifs is 1. The molecule has 0 aromatic carbocycles. The monoisotopic (exact) mass is 288 g/mol. The number of ether oxygens (including phenoxy) is 1. The predicted molar refractivity (Wildman–Crippen MR) is 77.6 cm³/mol. The normalized spacial score (nSPS) is 22.3. The second kappa shape index (κ2) is 6.22. The highest BCUT2D eigenvalue weighted by atomic mass is 16.5. The molecule has 6 heteroatoms. The molecule has 3 rings (SSSR count). The third-order valence-electron chi connectivity index (χ3n) is 3.98. The van der Waals surface area contributed by atoms with Gasteiger partial charge in [-0.25, -0.2) is 0 Å². The van der Waals surface area contributed by atoms with Crippen LogP contribution in [0.1, 0.15) is 32.0 Å². The van der Waals surface area contributed by atoms with Gasteiger partial charge in [-0.1, -0.05) is 13.0 Å². The Kier molecular flexibility index (Phi) is 4.15. The van der Waals surface area contributed by atoms with E-state index in [9.17, 15) is 4.79 Å². The summed E-state index contributed by atoms with van der Waals surface area (Å²) in [7, 11) is 0. The van der Waals surface area contributed by atoms with Gasteiger partial charge in [-0.05, 0) is 31.4 Å². The molecule has 0 spiro atoms. The van der Waals surface area contributed by atoms with Crippen molar-refractivity contribution in [3.8, 4) is 0 Å². The van der Waals surface area contributed by atoms with Gasteiger partial charge >= 0.3 is 0 Å². The van der Waals surface area contributed by atoms with Crippen molar-refractivity contribution in [1.82, 2.24) is 19.9 Å². The lowest BCUT2D eigenvalue weighted by Crippen LogP contribution is -2.41. The standard InChI is InChI=1S/C15H20N4O2/c1-2-12-11(6-5-9-21-12)15(20)16-10-14-18-17-13-7-3-4-8-19(13)14/h3-4,7-8,11-12H,2,5-6,9-10H2,1H3,(H,16,20)/t11-,12-/m0/s1. The summed E-state index contributed by atoms with van der Waals surface area (Å²) in [5.41, 5.74) is 0.786. The van der Waals surface area contributed by atoms with Crippen molar-refractivity contribution in [1.29, 1.82) is 0 Å². The van der Waals surface area contributed by atoms with Crippen molar-refractivity contribution in [2.45, 2.75) is 38.8 Å². The number of hydrogen-bond acceptors (Lipinski definition) is 4. The van der Waals surface area contributed by atoms with Crippen LogP contribution in [0.25, 0.3) is 5.65 Å². The Morgan fingerprint density at radius 1 is 1.48 bits per heavy atom. The number of amides is 1. The lowest BCUT2D eigenvalue weighted by molar-refractivity contribution is -0.134. The first kappa shape index (κ1) is 14.0. The van der Waals surface area contributed by atoms with E-state index in [-0.39, 0.29) is 17.9 Å². The van der Waals surface area contributed by atoms with E-state index < -0.39 is 0 Å². The fraction of sp³-hybridized carbons (Fsp3) is 0.533. The number of pyridine rings is 1. The number of carbonyl (C=O) groups excluding carboxylic acids is 1. The first-order valence-electron chi connectivity index (χ1n) is 7.47. The second-order valence-corrected chi connectivity index (χ2v) is 5.33. The molecule has 0 radical (unpaired) electrons. The quantitative estimate of drug-likeness (QED) is 0.927. The van der Waals surface area contributed by atoms with E-state index in [1.165, 1.54) is 0 Å². The lowest BCUT2D eigenvalue weighted by Gasteiger charge is -2.29. The zero-order valence-electron chi connectivity index (χ0n) is 12.2. The van der Waals surface area contributed by atoms with E-state index in [1.807, 2.05) is 28.8 Å². The SMILES string of the molecule is CC[C@@H]1OCCC[C@@H]1C(=O)NCc1nnc2ccccn12. The molecule has 1 N–H and O–H groups in total. The van der Waals surface area contributed by atoms with Crippen LogP contribution < -0.4 is 5.32 Å². The number of aromatic nitrogens is 3. The van der Waals surface area contributed by atoms with Gasteiger partial charge in [-0.2, -0.15) is 0 Å². The molecule has 1 fully saturated rings. The van der Waals surface area contributed by atoms with Crippen LogP contribution in [0.2, 0.25) is 0 Å². The maximum absolute atomic E-state index is 12.4. The zero-order chi connectivity index (χ0) is 14.7. The molecule has 1 aliphatic rings. The summed E-state index contributed by atoms with van der Waals surface area (Å²) in [4.78, 5) is 12.4. The molecule has 21 heavy (non-hydrogen) atoms. The zero-order valence-corrected chi connectivity index (χ0v) is 12.2. The van der Waals surface area contributed by atoms with Crippen LogP contribution in [-0.2, 0) is 16.1 Å². The maximum atomic E-state index is 12.4. The van der Waals surface area contributed by atoms with Gasteiger partial charge in [0, 0.05) is 12.8 Å². The first-order valence-corrected chi connectivity index (χ1v) is 7.47. The first-order chi connectivity index (χ1) is 10.3. The summed E-state index contributed by atoms with van der Waals surface area (Å²) < 4.78 is 7.56. The summed E-state index contributed by atoms with van der Waals surface area (Å²) in [6.45, 7) is 3.20. The van der Waals surface area contributed by atoms with Crippen LogP contribution in [0.4, 0.5) is 0 Å². The van der Waals surface area contributed by atoms with Gasteiger partial charge in [0.1, 0.15) is 0 Å². The summed E-state index contributed by atoms with van der Waals surface area (Å²) >= 11 is 0. The molecule has 3 heterocycles. The lowest BCUT2D eigenvalue weighted by atomic mass is 9.92. The van der Waals surface area contributed by atoms with E-state index in [1.54, 1.807) is 0 Å². The van der Waals surface area contributed by atoms with Crippen LogP contribution in [0.3, 0.4) is 0 Å². The topological polar surface area (TPSA) is 68.5 Å². The number of rotatable bonds is 4. The molecule has 0 unspecified atom stereocenters. The Balaban J connectivity index is 1.65. The van der Waals surface area contributed by atoms with Gasteiger partial charge in [0.2, 0.25) is 5.91 Å². The highest BCUT2D eigenvalue weighted by Crippen LogP contribution is 2.23. The Bertz CT molecular complexity index is 625. The average Bonchev–Trinajstić information content (AvgIpc) is 2.96. The maximum Gasteiger partial charge on any atom is 0.226 e. The molecule has 2 aromatic heterocycles. The summed E-state index contributed by atoms with van der Waals surface area (Å²) in [5, 5.41) is 11.2. The van der Waals surface area contributed by atoms with Crippen molar-refractivity contribution >= 4 is 11.6 Å². The highest BCUT2D eigenvalue weighted by molar-refractivity contribution is 5.79. The van der Waals surface area contributed by atoms with Gasteiger partial charge < -0.3 is 10.1 Å². The minimum absolute atomic E-state index is 0.0360. The highest BCUT2D eigenvalue weighted by Gasteiger charge is 2.30. The molecule has 6 nitrogen and oxygen atoms in total. The van der Waals surface area contributed by atoms with Gasteiger partial charge in [-0.15, -0.1) is 10.2 Å². The van der Waals surface area contributed by atoms with Crippen LogP contribution >= 0.6 is 0 Å². The van der Waals surface area contributed by atoms with Crippen LogP contribution in [0, 0.1) is 5.92 Å². The third-order valence-corrected chi connectivity index (χ3v) is 3.98. The molecule has 1 amide bonds. The van der Waals surface area contributed by atoms with Gasteiger partial charge in [0.05, 0.1) is 18.6 Å². The molecular weight excluding hydrogens is 268 g/mol. The summed E-state index contributed by atoms with van der Waals surface area (Å²) in [5.74, 6) is 0.737. The van der Waals surface area contributed by atoms with Gasteiger partial charge in [-0.3, -0.25) is 9.20 Å². The van der Waals surface area contributed by atoms with Crippen LogP contribution in [-0.4, -0.2) is 33.2 Å². The Morgan fingerprint density at radius 2 is 2.38 bits per heavy atom. The molecular formula is C15H20N4O2. The van der Waals surface area contributed by atoms with Crippen LogP contribution in [0.15, 0.2) is 24.4 Å². The van der Waals surface area contributed by atoms with Gasteiger partial charge in [0.25, 0.3) is 0 Å². The third kappa shape index (κ3) is 2.90. The van der Waals surface area contributed by atoms with Crippen molar-refractivity contribution in [2.24, 2.45) is 5.92 Å². The van der Waals surface area contributed by atoms with Crippen LogP contribution in [0.5, 0.6) is 0 Å². The molecule has 2 atom stereocenters. The fourth-order valence-electron chi connectivity index (χ4n) is 2.85. The van der Waals surface area contributed by atoms with E-state index >= 15 is 0 Å². The number of hydrogen-bond donors (Lipinski definition) is 1. The van der Waals surface area contributed by atoms with Gasteiger partial charge in [0.15, 0.2) is 11.5 Å². The minimum atomic E-state index is -0.0528. The van der Waals surface area contributed by atoms with E-state index in [2.05, 4.69) is 22.4 Å². The Labute approximate surface area is 123 Å². The van der Waals surface area contributed by atoms with E-state index in [0.717, 1.165) is 37.3 Å². The number of nitrogens with zero attached hydrogens (tertiary/aromatic N) is 3. The molecule has 2 aromatic rings.